The van der Waals surface area contributed by atoms with Crippen LogP contribution >= 0.6 is 0 Å². The van der Waals surface area contributed by atoms with Crippen molar-refractivity contribution in [1.29, 1.82) is 0 Å². The van der Waals surface area contributed by atoms with E-state index < -0.39 is 18.1 Å². The van der Waals surface area contributed by atoms with Crippen LogP contribution in [0.1, 0.15) is 61.6 Å². The number of pyridine rings is 1. The lowest BCUT2D eigenvalue weighted by atomic mass is 9.66. The van der Waals surface area contributed by atoms with Crippen molar-refractivity contribution in [2.45, 2.75) is 75.0 Å². The van der Waals surface area contributed by atoms with Gasteiger partial charge < -0.3 is 14.8 Å². The third-order valence-electron chi connectivity index (χ3n) is 7.17. The molecule has 4 nitrogen and oxygen atoms in total. The van der Waals surface area contributed by atoms with Gasteiger partial charge >= 0.3 is 12.5 Å². The molecule has 2 aromatic rings. The first-order chi connectivity index (χ1) is 16.5. The standard InChI is InChI=1S/C25H28F6N2O2/c26-24(27,28)21-7-12-32-15-18(21)16-33-13-10-22(11-14-34-23(17-22)8-1-2-9-23)19-3-5-20(6-4-19)35-25(29,30)31/h3-7,12,15,33H,1-2,8-11,13-14,16-17H2/t22-/m1/s1. The van der Waals surface area contributed by atoms with Crippen molar-refractivity contribution >= 4 is 0 Å². The molecular formula is C25H28F6N2O2. The number of nitrogens with one attached hydrogen (secondary N) is 1. The Balaban J connectivity index is 1.50. The van der Waals surface area contributed by atoms with Crippen molar-refractivity contribution in [2.24, 2.45) is 0 Å². The Morgan fingerprint density at radius 3 is 2.34 bits per heavy atom. The van der Waals surface area contributed by atoms with Crippen LogP contribution in [0.5, 0.6) is 5.75 Å². The van der Waals surface area contributed by atoms with E-state index in [2.05, 4.69) is 15.0 Å². The number of alkyl halides is 6. The van der Waals surface area contributed by atoms with Crippen LogP contribution in [-0.2, 0) is 22.9 Å². The number of halogens is 6. The normalized spacial score (nSPS) is 22.5. The molecule has 2 aliphatic rings. The average Bonchev–Trinajstić information content (AvgIpc) is 3.23. The van der Waals surface area contributed by atoms with E-state index in [0.717, 1.165) is 49.9 Å². The summed E-state index contributed by atoms with van der Waals surface area (Å²) in [6, 6.07) is 6.93. The molecule has 1 saturated heterocycles. The van der Waals surface area contributed by atoms with Crippen LogP contribution in [0.2, 0.25) is 0 Å². The van der Waals surface area contributed by atoms with Crippen LogP contribution in [-0.4, -0.2) is 30.1 Å². The molecule has 1 saturated carbocycles. The van der Waals surface area contributed by atoms with Gasteiger partial charge in [-0.25, -0.2) is 0 Å². The predicted molar refractivity (Wildman–Crippen MR) is 117 cm³/mol. The molecule has 1 aromatic heterocycles. The molecule has 1 N–H and O–H groups in total. The second-order valence-electron chi connectivity index (χ2n) is 9.48. The van der Waals surface area contributed by atoms with E-state index in [-0.39, 0.29) is 28.9 Å². The second-order valence-corrected chi connectivity index (χ2v) is 9.48. The summed E-state index contributed by atoms with van der Waals surface area (Å²) in [4.78, 5) is 3.82. The van der Waals surface area contributed by atoms with Crippen molar-refractivity contribution in [3.63, 3.8) is 0 Å². The Hall–Kier alpha value is -2.33. The van der Waals surface area contributed by atoms with E-state index in [9.17, 15) is 26.3 Å². The van der Waals surface area contributed by atoms with Gasteiger partial charge in [-0.05, 0) is 68.0 Å². The van der Waals surface area contributed by atoms with Crippen molar-refractivity contribution in [3.8, 4) is 5.75 Å². The molecule has 35 heavy (non-hydrogen) atoms. The van der Waals surface area contributed by atoms with Gasteiger partial charge in [-0.2, -0.15) is 13.2 Å². The van der Waals surface area contributed by atoms with Crippen molar-refractivity contribution < 1.29 is 35.8 Å². The third-order valence-corrected chi connectivity index (χ3v) is 7.17. The maximum Gasteiger partial charge on any atom is 0.573 e. The molecule has 1 aliphatic carbocycles. The molecule has 4 rings (SSSR count). The fourth-order valence-electron chi connectivity index (χ4n) is 5.57. The Labute approximate surface area is 200 Å². The number of aromatic nitrogens is 1. The Kier molecular flexibility index (Phi) is 7.33. The molecule has 1 atom stereocenters. The first-order valence-electron chi connectivity index (χ1n) is 11.7. The summed E-state index contributed by atoms with van der Waals surface area (Å²) >= 11 is 0. The largest absolute Gasteiger partial charge is 0.573 e. The van der Waals surface area contributed by atoms with E-state index in [1.54, 1.807) is 12.1 Å². The van der Waals surface area contributed by atoms with Gasteiger partial charge in [0.2, 0.25) is 0 Å². The fourth-order valence-corrected chi connectivity index (χ4v) is 5.57. The van der Waals surface area contributed by atoms with E-state index >= 15 is 0 Å². The predicted octanol–water partition coefficient (Wildman–Crippen LogP) is 6.54. The van der Waals surface area contributed by atoms with Crippen LogP contribution in [0, 0.1) is 0 Å². The number of hydrogen-bond acceptors (Lipinski definition) is 4. The monoisotopic (exact) mass is 502 g/mol. The van der Waals surface area contributed by atoms with Gasteiger partial charge in [-0.15, -0.1) is 13.2 Å². The molecule has 2 fully saturated rings. The summed E-state index contributed by atoms with van der Waals surface area (Å²) in [5.74, 6) is -0.284. The van der Waals surface area contributed by atoms with Crippen LogP contribution in [0.4, 0.5) is 26.3 Å². The number of ether oxygens (including phenoxy) is 2. The molecule has 0 unspecified atom stereocenters. The first-order valence-corrected chi connectivity index (χ1v) is 11.7. The Bertz CT molecular complexity index is 987. The molecule has 1 aliphatic heterocycles. The highest BCUT2D eigenvalue weighted by Crippen LogP contribution is 2.50. The lowest BCUT2D eigenvalue weighted by Crippen LogP contribution is -2.47. The van der Waals surface area contributed by atoms with Crippen LogP contribution < -0.4 is 10.1 Å². The Morgan fingerprint density at radius 2 is 1.69 bits per heavy atom. The topological polar surface area (TPSA) is 43.4 Å². The number of nitrogens with zero attached hydrogens (tertiary/aromatic N) is 1. The Morgan fingerprint density at radius 1 is 0.971 bits per heavy atom. The molecule has 0 bridgehead atoms. The van der Waals surface area contributed by atoms with E-state index in [1.165, 1.54) is 18.3 Å². The van der Waals surface area contributed by atoms with Crippen LogP contribution in [0.3, 0.4) is 0 Å². The molecule has 2 heterocycles. The highest BCUT2D eigenvalue weighted by molar-refractivity contribution is 5.34. The van der Waals surface area contributed by atoms with Crippen LogP contribution in [0.25, 0.3) is 0 Å². The summed E-state index contributed by atoms with van der Waals surface area (Å²) < 4.78 is 87.9. The minimum Gasteiger partial charge on any atom is -0.406 e. The lowest BCUT2D eigenvalue weighted by Gasteiger charge is -2.47. The smallest absolute Gasteiger partial charge is 0.406 e. The number of hydrogen-bond donors (Lipinski definition) is 1. The minimum atomic E-state index is -4.77. The summed E-state index contributed by atoms with van der Waals surface area (Å²) in [5, 5.41) is 3.12. The van der Waals surface area contributed by atoms with Crippen molar-refractivity contribution in [1.82, 2.24) is 10.3 Å². The lowest BCUT2D eigenvalue weighted by molar-refractivity contribution is -0.274. The molecule has 192 valence electrons. The molecule has 1 aromatic carbocycles. The van der Waals surface area contributed by atoms with Gasteiger partial charge in [0.1, 0.15) is 5.75 Å². The summed E-state index contributed by atoms with van der Waals surface area (Å²) in [7, 11) is 0. The zero-order chi connectivity index (χ0) is 25.2. The fraction of sp³-hybridized carbons (Fsp3) is 0.560. The van der Waals surface area contributed by atoms with E-state index in [1.807, 2.05) is 0 Å². The van der Waals surface area contributed by atoms with Crippen LogP contribution in [0.15, 0.2) is 42.7 Å². The number of benzene rings is 1. The summed E-state index contributed by atoms with van der Waals surface area (Å²) in [6.45, 7) is 0.976. The van der Waals surface area contributed by atoms with Crippen molar-refractivity contribution in [2.75, 3.05) is 13.2 Å². The molecule has 0 amide bonds. The van der Waals surface area contributed by atoms with Gasteiger partial charge in [0, 0.05) is 31.0 Å². The van der Waals surface area contributed by atoms with Gasteiger partial charge in [0.15, 0.2) is 0 Å². The van der Waals surface area contributed by atoms with E-state index in [0.29, 0.717) is 26.0 Å². The third kappa shape index (κ3) is 6.27. The molecular weight excluding hydrogens is 474 g/mol. The molecule has 10 heteroatoms. The molecule has 1 spiro atoms. The van der Waals surface area contributed by atoms with Gasteiger partial charge in [0.25, 0.3) is 0 Å². The van der Waals surface area contributed by atoms with Gasteiger partial charge in [-0.1, -0.05) is 25.0 Å². The van der Waals surface area contributed by atoms with Gasteiger partial charge in [0.05, 0.1) is 11.2 Å². The molecule has 0 radical (unpaired) electrons. The summed E-state index contributed by atoms with van der Waals surface area (Å²) in [5.41, 5.74) is -0.381. The van der Waals surface area contributed by atoms with Crippen molar-refractivity contribution in [3.05, 3.63) is 59.4 Å². The average molecular weight is 502 g/mol. The maximum atomic E-state index is 13.3. The van der Waals surface area contributed by atoms with E-state index in [4.69, 9.17) is 4.74 Å². The minimum absolute atomic E-state index is 0.0127. The van der Waals surface area contributed by atoms with Gasteiger partial charge in [-0.3, -0.25) is 4.98 Å². The quantitative estimate of drug-likeness (QED) is 0.345. The number of rotatable bonds is 7. The first kappa shape index (κ1) is 25.8. The highest BCUT2D eigenvalue weighted by Gasteiger charge is 2.47. The summed E-state index contributed by atoms with van der Waals surface area (Å²) in [6.07, 6.45) is -0.888. The maximum absolute atomic E-state index is 13.3. The zero-order valence-corrected chi connectivity index (χ0v) is 19.1. The SMILES string of the molecule is FC(F)(F)Oc1ccc([C@]2(CCNCc3cnccc3C(F)(F)F)CCOC3(CCCC3)C2)cc1. The zero-order valence-electron chi connectivity index (χ0n) is 19.1. The highest BCUT2D eigenvalue weighted by atomic mass is 19.4. The second kappa shape index (κ2) is 9.97.